The predicted octanol–water partition coefficient (Wildman–Crippen LogP) is 3.92. The Balaban J connectivity index is 2.19. The van der Waals surface area contributed by atoms with E-state index in [1.807, 2.05) is 50.2 Å². The Kier molecular flexibility index (Phi) is 4.99. The van der Waals surface area contributed by atoms with Gasteiger partial charge in [-0.15, -0.1) is 0 Å². The summed E-state index contributed by atoms with van der Waals surface area (Å²) in [6.07, 6.45) is 0. The van der Waals surface area contributed by atoms with E-state index in [1.165, 1.54) is 5.56 Å². The summed E-state index contributed by atoms with van der Waals surface area (Å²) in [7, 11) is 0. The average molecular weight is 282 g/mol. The smallest absolute Gasteiger partial charge is 0.251 e. The number of carbonyl (C=O) groups excluding carboxylic acids is 1. The number of anilines is 1. The van der Waals surface area contributed by atoms with Crippen LogP contribution >= 0.6 is 0 Å². The number of hydrogen-bond acceptors (Lipinski definition) is 2. The van der Waals surface area contributed by atoms with Crippen molar-refractivity contribution in [1.29, 1.82) is 0 Å². The summed E-state index contributed by atoms with van der Waals surface area (Å²) in [6, 6.07) is 16.2. The molecule has 0 saturated carbocycles. The van der Waals surface area contributed by atoms with Crippen LogP contribution in [0.3, 0.4) is 0 Å². The Morgan fingerprint density at radius 2 is 1.86 bits per heavy atom. The van der Waals surface area contributed by atoms with E-state index in [0.717, 1.165) is 11.3 Å². The van der Waals surface area contributed by atoms with E-state index in [2.05, 4.69) is 29.7 Å². The summed E-state index contributed by atoms with van der Waals surface area (Å²) in [5.41, 5.74) is 4.03. The molecular weight excluding hydrogens is 260 g/mol. The van der Waals surface area contributed by atoms with Gasteiger partial charge in [0.15, 0.2) is 0 Å². The van der Waals surface area contributed by atoms with Crippen LogP contribution in [0.15, 0.2) is 48.5 Å². The molecule has 21 heavy (non-hydrogen) atoms. The highest BCUT2D eigenvalue weighted by atomic mass is 16.1. The van der Waals surface area contributed by atoms with Crippen molar-refractivity contribution in [2.24, 2.45) is 0 Å². The van der Waals surface area contributed by atoms with Crippen LogP contribution in [0.4, 0.5) is 5.69 Å². The molecule has 0 saturated heterocycles. The molecule has 0 aliphatic heterocycles. The molecule has 0 aromatic heterocycles. The minimum atomic E-state index is -0.0343. The van der Waals surface area contributed by atoms with E-state index in [9.17, 15) is 4.79 Å². The van der Waals surface area contributed by atoms with Gasteiger partial charge in [0.05, 0.1) is 0 Å². The first-order valence-electron chi connectivity index (χ1n) is 7.32. The summed E-state index contributed by atoms with van der Waals surface area (Å²) in [4.78, 5) is 11.9. The van der Waals surface area contributed by atoms with Gasteiger partial charge in [-0.1, -0.05) is 36.4 Å². The molecule has 0 radical (unpaired) electrons. The first-order valence-corrected chi connectivity index (χ1v) is 7.32. The summed E-state index contributed by atoms with van der Waals surface area (Å²) in [5, 5.41) is 6.31. The van der Waals surface area contributed by atoms with Gasteiger partial charge in [0, 0.05) is 23.8 Å². The molecule has 0 bridgehead atoms. The van der Waals surface area contributed by atoms with Gasteiger partial charge in [-0.25, -0.2) is 0 Å². The van der Waals surface area contributed by atoms with Crippen LogP contribution in [0.25, 0.3) is 0 Å². The second-order valence-electron chi connectivity index (χ2n) is 5.17. The van der Waals surface area contributed by atoms with Gasteiger partial charge in [0.1, 0.15) is 0 Å². The van der Waals surface area contributed by atoms with Gasteiger partial charge in [-0.3, -0.25) is 4.79 Å². The van der Waals surface area contributed by atoms with Gasteiger partial charge >= 0.3 is 0 Å². The molecule has 110 valence electrons. The highest BCUT2D eigenvalue weighted by Crippen LogP contribution is 2.23. The molecule has 3 nitrogen and oxygen atoms in total. The number of nitrogens with one attached hydrogen (secondary N) is 2. The van der Waals surface area contributed by atoms with Crippen molar-refractivity contribution in [3.05, 3.63) is 65.2 Å². The van der Waals surface area contributed by atoms with Crippen molar-refractivity contribution < 1.29 is 4.79 Å². The maximum atomic E-state index is 11.9. The molecule has 1 atom stereocenters. The molecule has 0 aliphatic rings. The Morgan fingerprint density at radius 3 is 2.52 bits per heavy atom. The number of carbonyl (C=O) groups is 1. The SMILES string of the molecule is CCNC(=O)c1ccc(C)c(NC(C)c2ccccc2)c1. The molecule has 2 rings (SSSR count). The van der Waals surface area contributed by atoms with E-state index in [4.69, 9.17) is 0 Å². The molecule has 0 spiro atoms. The Labute approximate surface area is 126 Å². The molecule has 0 fully saturated rings. The zero-order chi connectivity index (χ0) is 15.2. The van der Waals surface area contributed by atoms with Gasteiger partial charge < -0.3 is 10.6 Å². The van der Waals surface area contributed by atoms with Crippen molar-refractivity contribution in [3.63, 3.8) is 0 Å². The zero-order valence-corrected chi connectivity index (χ0v) is 12.8. The number of amides is 1. The Bertz CT molecular complexity index is 608. The highest BCUT2D eigenvalue weighted by Gasteiger charge is 2.10. The third-order valence-electron chi connectivity index (χ3n) is 3.51. The van der Waals surface area contributed by atoms with Crippen molar-refractivity contribution >= 4 is 11.6 Å². The molecule has 1 unspecified atom stereocenters. The Morgan fingerprint density at radius 1 is 1.14 bits per heavy atom. The minimum Gasteiger partial charge on any atom is -0.378 e. The fourth-order valence-electron chi connectivity index (χ4n) is 2.24. The summed E-state index contributed by atoms with van der Waals surface area (Å²) in [5.74, 6) is -0.0343. The van der Waals surface area contributed by atoms with Gasteiger partial charge in [0.25, 0.3) is 5.91 Å². The number of rotatable bonds is 5. The van der Waals surface area contributed by atoms with E-state index in [0.29, 0.717) is 12.1 Å². The molecule has 2 aromatic rings. The maximum Gasteiger partial charge on any atom is 0.251 e. The lowest BCUT2D eigenvalue weighted by Crippen LogP contribution is -2.22. The highest BCUT2D eigenvalue weighted by molar-refractivity contribution is 5.95. The van der Waals surface area contributed by atoms with Gasteiger partial charge in [-0.2, -0.15) is 0 Å². The number of hydrogen-bond donors (Lipinski definition) is 2. The molecule has 1 amide bonds. The molecule has 2 aromatic carbocycles. The summed E-state index contributed by atoms with van der Waals surface area (Å²) in [6.45, 7) is 6.72. The van der Waals surface area contributed by atoms with Crippen LogP contribution in [-0.2, 0) is 0 Å². The molecular formula is C18H22N2O. The van der Waals surface area contributed by atoms with Crippen molar-refractivity contribution in [1.82, 2.24) is 5.32 Å². The third-order valence-corrected chi connectivity index (χ3v) is 3.51. The van der Waals surface area contributed by atoms with Crippen LogP contribution in [0.1, 0.15) is 41.4 Å². The second kappa shape index (κ2) is 6.93. The number of benzene rings is 2. The lowest BCUT2D eigenvalue weighted by Gasteiger charge is -2.18. The van der Waals surface area contributed by atoms with Gasteiger partial charge in [0.2, 0.25) is 0 Å². The summed E-state index contributed by atoms with van der Waals surface area (Å²) < 4.78 is 0. The van der Waals surface area contributed by atoms with Crippen LogP contribution in [0.5, 0.6) is 0 Å². The van der Waals surface area contributed by atoms with E-state index >= 15 is 0 Å². The molecule has 0 aliphatic carbocycles. The van der Waals surface area contributed by atoms with Crippen LogP contribution in [-0.4, -0.2) is 12.5 Å². The zero-order valence-electron chi connectivity index (χ0n) is 12.8. The lowest BCUT2D eigenvalue weighted by atomic mass is 10.1. The molecule has 2 N–H and O–H groups in total. The minimum absolute atomic E-state index is 0.0343. The quantitative estimate of drug-likeness (QED) is 0.872. The lowest BCUT2D eigenvalue weighted by molar-refractivity contribution is 0.0956. The van der Waals surface area contributed by atoms with Crippen molar-refractivity contribution in [2.45, 2.75) is 26.8 Å². The first-order chi connectivity index (χ1) is 10.1. The van der Waals surface area contributed by atoms with Crippen LogP contribution in [0.2, 0.25) is 0 Å². The van der Waals surface area contributed by atoms with Crippen molar-refractivity contribution in [2.75, 3.05) is 11.9 Å². The van der Waals surface area contributed by atoms with E-state index in [1.54, 1.807) is 0 Å². The standard InChI is InChI=1S/C18H22N2O/c1-4-19-18(21)16-11-10-13(2)17(12-16)20-14(3)15-8-6-5-7-9-15/h5-12,14,20H,4H2,1-3H3,(H,19,21). The fraction of sp³-hybridized carbons (Fsp3) is 0.278. The van der Waals surface area contributed by atoms with Crippen molar-refractivity contribution in [3.8, 4) is 0 Å². The molecule has 3 heteroatoms. The van der Waals surface area contributed by atoms with E-state index < -0.39 is 0 Å². The average Bonchev–Trinajstić information content (AvgIpc) is 2.50. The normalized spacial score (nSPS) is 11.8. The second-order valence-corrected chi connectivity index (χ2v) is 5.17. The number of aryl methyl sites for hydroxylation is 1. The van der Waals surface area contributed by atoms with Crippen LogP contribution < -0.4 is 10.6 Å². The van der Waals surface area contributed by atoms with Gasteiger partial charge in [-0.05, 0) is 44.0 Å². The maximum absolute atomic E-state index is 11.9. The van der Waals surface area contributed by atoms with Crippen LogP contribution in [0, 0.1) is 6.92 Å². The fourth-order valence-corrected chi connectivity index (χ4v) is 2.24. The first kappa shape index (κ1) is 15.1. The third kappa shape index (κ3) is 3.85. The Hall–Kier alpha value is -2.29. The predicted molar refractivity (Wildman–Crippen MR) is 87.7 cm³/mol. The molecule has 0 heterocycles. The largest absolute Gasteiger partial charge is 0.378 e. The summed E-state index contributed by atoms with van der Waals surface area (Å²) >= 11 is 0. The van der Waals surface area contributed by atoms with E-state index in [-0.39, 0.29) is 11.9 Å². The monoisotopic (exact) mass is 282 g/mol. The topological polar surface area (TPSA) is 41.1 Å².